The summed E-state index contributed by atoms with van der Waals surface area (Å²) in [4.78, 5) is 0. The summed E-state index contributed by atoms with van der Waals surface area (Å²) in [5.74, 6) is 0. The smallest absolute Gasteiger partial charge is 1.00 e. The van der Waals surface area contributed by atoms with Crippen LogP contribution in [-0.4, -0.2) is 89.1 Å². The maximum absolute atomic E-state index is 0. The van der Waals surface area contributed by atoms with Gasteiger partial charge in [-0.25, -0.2) is 0 Å². The van der Waals surface area contributed by atoms with E-state index in [1.54, 1.807) is 0 Å². The summed E-state index contributed by atoms with van der Waals surface area (Å²) in [7, 11) is 0. The predicted octanol–water partition coefficient (Wildman–Crippen LogP) is -5.57. The molecule has 0 aliphatic rings. The van der Waals surface area contributed by atoms with Crippen LogP contribution in [0.2, 0.25) is 0 Å². The van der Waals surface area contributed by atoms with Gasteiger partial charge in [0.1, 0.15) is 0 Å². The fraction of sp³-hybridized carbons (Fsp3) is 0. The maximum atomic E-state index is 0. The van der Waals surface area contributed by atoms with Crippen LogP contribution in [-0.2, 0) is 78.4 Å². The molecule has 0 aromatic carbocycles. The molecule has 9 heavy (non-hydrogen) atoms. The van der Waals surface area contributed by atoms with Crippen LogP contribution in [0.5, 0.6) is 0 Å². The normalized spacial score (nSPS) is 0. The summed E-state index contributed by atoms with van der Waals surface area (Å²) in [6, 6.07) is 0. The van der Waals surface area contributed by atoms with Gasteiger partial charge in [-0.2, -0.15) is 0 Å². The van der Waals surface area contributed by atoms with Gasteiger partial charge in [-0.3, -0.25) is 0 Å². The molecule has 0 rings (SSSR count). The van der Waals surface area contributed by atoms with Crippen LogP contribution in [0.3, 0.4) is 0 Å². The van der Waals surface area contributed by atoms with E-state index in [9.17, 15) is 0 Å². The van der Waals surface area contributed by atoms with Gasteiger partial charge in [-0.1, -0.05) is 0 Å². The molecule has 0 unspecified atom stereocenters. The summed E-state index contributed by atoms with van der Waals surface area (Å²) in [6.07, 6.45) is 0. The Hall–Kier alpha value is 6.92. The molecule has 0 aromatic rings. The average molecular weight is 508 g/mol. The van der Waals surface area contributed by atoms with Gasteiger partial charge in [-0.15, -0.1) is 0 Å². The van der Waals surface area contributed by atoms with E-state index in [1.165, 1.54) is 0 Å². The Morgan fingerprint density at radius 1 is 1.11 bits per heavy atom. The molecule has 0 saturated carbocycles. The zero-order valence-corrected chi connectivity index (χ0v) is 20.9. The number of hydrogen-bond acceptors (Lipinski definition) is 0. The van der Waals surface area contributed by atoms with Crippen LogP contribution in [0, 0.1) is 0 Å². The molecular weight excluding hydrogens is 497 g/mol. The third kappa shape index (κ3) is 52.0. The van der Waals surface area contributed by atoms with E-state index < -0.39 is 0 Å². The first kappa shape index (κ1) is 74.0. The first-order valence-corrected chi connectivity index (χ1v) is 0. The first-order valence-electron chi connectivity index (χ1n) is 0. The van der Waals surface area contributed by atoms with Crippen molar-refractivity contribution in [1.29, 1.82) is 0 Å². The Balaban J connectivity index is 0. The summed E-state index contributed by atoms with van der Waals surface area (Å²) >= 11 is 0. The summed E-state index contributed by atoms with van der Waals surface area (Å²) in [6.45, 7) is 0. The van der Waals surface area contributed by atoms with Gasteiger partial charge in [0, 0.05) is 78.4 Å². The van der Waals surface area contributed by atoms with Gasteiger partial charge in [0.05, 0.1) is 0 Å². The van der Waals surface area contributed by atoms with Crippen LogP contribution in [0.4, 0.5) is 0 Å². The second-order valence-electron chi connectivity index (χ2n) is 0. The fourth-order valence-corrected chi connectivity index (χ4v) is 0. The molecular formula is H11AlCaFeKMgSiTiVW. The van der Waals surface area contributed by atoms with Crippen LogP contribution in [0.25, 0.3) is 0 Å². The van der Waals surface area contributed by atoms with Crippen molar-refractivity contribution in [2.45, 2.75) is 0 Å². The van der Waals surface area contributed by atoms with E-state index in [4.69, 9.17) is 0 Å². The molecule has 0 fully saturated rings. The summed E-state index contributed by atoms with van der Waals surface area (Å²) in [5.41, 5.74) is 0. The molecule has 0 heterocycles. The third-order valence-corrected chi connectivity index (χ3v) is 0. The van der Waals surface area contributed by atoms with Crippen molar-refractivity contribution in [3.63, 3.8) is 0 Å². The van der Waals surface area contributed by atoms with Crippen molar-refractivity contribution < 1.29 is 137 Å². The van der Waals surface area contributed by atoms with Crippen LogP contribution >= 0.6 is 0 Å². The topological polar surface area (TPSA) is 0 Å². The quantitative estimate of drug-likeness (QED) is 0.287. The summed E-state index contributed by atoms with van der Waals surface area (Å²) < 4.78 is 0. The molecule has 0 aliphatic heterocycles. The van der Waals surface area contributed by atoms with Crippen molar-refractivity contribution in [1.82, 2.24) is 0 Å². The zero-order chi connectivity index (χ0) is 0. The van der Waals surface area contributed by atoms with Crippen molar-refractivity contribution in [3.05, 3.63) is 0 Å². The van der Waals surface area contributed by atoms with E-state index in [1.807, 2.05) is 0 Å². The van der Waals surface area contributed by atoms with Crippen molar-refractivity contribution >= 4 is 89.1 Å². The minimum Gasteiger partial charge on any atom is -1.00 e. The molecule has 0 nitrogen and oxygen atoms in total. The fourth-order valence-electron chi connectivity index (χ4n) is 0. The molecule has 9 heteroatoms. The van der Waals surface area contributed by atoms with Crippen molar-refractivity contribution in [2.24, 2.45) is 0 Å². The van der Waals surface area contributed by atoms with Gasteiger partial charge in [0.25, 0.3) is 0 Å². The standard InChI is InChI=1S/Al.Ca.Fe.K.Mg.H3Si.Ti.V.W.8H/h;;;;;1H3;;;;;;;;;;;/q;+2;;+1;+2;;;;;;;;5*-1. The van der Waals surface area contributed by atoms with E-state index in [-0.39, 0.29) is 226 Å². The molecule has 0 spiro atoms. The van der Waals surface area contributed by atoms with Crippen LogP contribution in [0.1, 0.15) is 7.13 Å². The predicted molar refractivity (Wildman–Crippen MR) is 36.9 cm³/mol. The SMILES string of the molecule is [AlH3].[Ca+2].[Fe].[H-].[H-].[H-].[H-].[H-].[K+].[Mg+2].[SiH3].[Ti].[V].[W]. The van der Waals surface area contributed by atoms with E-state index in [2.05, 4.69) is 0 Å². The van der Waals surface area contributed by atoms with Gasteiger partial charge < -0.3 is 7.13 Å². The van der Waals surface area contributed by atoms with E-state index in [0.29, 0.717) is 0 Å². The Bertz CT molecular complexity index is 41.7. The Labute approximate surface area is 220 Å². The van der Waals surface area contributed by atoms with Gasteiger partial charge in [-0.05, 0) is 11.0 Å². The molecule has 2 radical (unpaired) electrons. The Morgan fingerprint density at radius 3 is 1.11 bits per heavy atom. The average Bonchev–Trinajstić information content (AvgIpc) is 0. The molecule has 0 N–H and O–H groups in total. The Morgan fingerprint density at radius 2 is 1.11 bits per heavy atom. The molecule has 0 aromatic heterocycles. The Kier molecular flexibility index (Phi) is 497. The van der Waals surface area contributed by atoms with Gasteiger partial charge in [0.15, 0.2) is 17.4 Å². The summed E-state index contributed by atoms with van der Waals surface area (Å²) in [5, 5.41) is 0. The van der Waals surface area contributed by atoms with Gasteiger partial charge in [0.2, 0.25) is 0 Å². The molecule has 0 saturated heterocycles. The minimum atomic E-state index is 0. The molecule has 46 valence electrons. The molecule has 0 amide bonds. The van der Waals surface area contributed by atoms with Gasteiger partial charge >= 0.3 is 112 Å². The van der Waals surface area contributed by atoms with Crippen molar-refractivity contribution in [2.75, 3.05) is 0 Å². The molecule has 0 atom stereocenters. The van der Waals surface area contributed by atoms with E-state index in [0.717, 1.165) is 0 Å². The zero-order valence-electron chi connectivity index (χ0n) is 10.1. The van der Waals surface area contributed by atoms with Crippen LogP contribution < -0.4 is 51.4 Å². The first-order chi connectivity index (χ1) is 0. The largest absolute Gasteiger partial charge is 2.00 e. The van der Waals surface area contributed by atoms with Crippen LogP contribution in [0.15, 0.2) is 0 Å². The molecule has 0 bridgehead atoms. The maximum Gasteiger partial charge on any atom is 2.00 e. The minimum absolute atomic E-state index is 0. The number of hydrogen-bond donors (Lipinski definition) is 0. The van der Waals surface area contributed by atoms with E-state index >= 15 is 0 Å². The monoisotopic (exact) mass is 508 g/mol. The third-order valence-electron chi connectivity index (χ3n) is 0. The second kappa shape index (κ2) is 60.4. The van der Waals surface area contributed by atoms with Crippen molar-refractivity contribution in [3.8, 4) is 0 Å². The number of rotatable bonds is 0. The molecule has 0 aliphatic carbocycles. The second-order valence-corrected chi connectivity index (χ2v) is 0.